The predicted molar refractivity (Wildman–Crippen MR) is 218 cm³/mol. The minimum absolute atomic E-state index is 0.0286. The number of hydrogen-bond donors (Lipinski definition) is 6. The Morgan fingerprint density at radius 2 is 1.55 bits per heavy atom. The quantitative estimate of drug-likeness (QED) is 0.165. The summed E-state index contributed by atoms with van der Waals surface area (Å²) in [5.41, 5.74) is -1.65. The molecule has 0 unspecified atom stereocenters. The lowest BCUT2D eigenvalue weighted by Gasteiger charge is -2.53. The van der Waals surface area contributed by atoms with Gasteiger partial charge in [0, 0.05) is 63.6 Å². The van der Waals surface area contributed by atoms with Crippen molar-refractivity contribution in [1.82, 2.24) is 0 Å². The SMILES string of the molecule is CO[C@@H]1[C@@H](O)[C@H](C)[C@@](O)(CC(=O)O)O[C@H]1[C@H](C)[C@H]1O[C@@]2(CC[C@@](C)([C@H]3CC[C@@](C)([C@@H]4O[C@@H]([C@H]5O[C@@](O)(CO)[C@H](C)C[C@@H]5C)C[C@@H]4O[C@H]4CC[C@H](OC)[C@@H](C)O4)O3)O2)C[C@H](O)[C@H]1C. The molecular formula is C45H76O17. The molecule has 7 fully saturated rings. The molecule has 0 aliphatic carbocycles. The Labute approximate surface area is 366 Å². The fraction of sp³-hybridized carbons (Fsp3) is 0.978. The second-order valence-corrected chi connectivity index (χ2v) is 20.7. The van der Waals surface area contributed by atoms with Gasteiger partial charge in [0.2, 0.25) is 0 Å². The third-order valence-corrected chi connectivity index (χ3v) is 16.3. The Bertz CT molecular complexity index is 1560. The number of aliphatic hydroxyl groups excluding tert-OH is 3. The fourth-order valence-corrected chi connectivity index (χ4v) is 12.1. The molecule has 23 atom stereocenters. The van der Waals surface area contributed by atoms with E-state index < -0.39 is 127 Å². The van der Waals surface area contributed by atoms with Crippen LogP contribution in [0.3, 0.4) is 0 Å². The van der Waals surface area contributed by atoms with Crippen LogP contribution < -0.4 is 0 Å². The normalized spacial score (nSPS) is 54.2. The zero-order chi connectivity index (χ0) is 45.3. The smallest absolute Gasteiger partial charge is 0.308 e. The van der Waals surface area contributed by atoms with Crippen LogP contribution in [0, 0.1) is 29.6 Å². The number of carboxylic acid groups (broad SMARTS) is 1. The molecule has 0 radical (unpaired) electrons. The Morgan fingerprint density at radius 3 is 2.19 bits per heavy atom. The van der Waals surface area contributed by atoms with E-state index in [0.29, 0.717) is 44.9 Å². The molecule has 7 saturated heterocycles. The molecule has 7 aliphatic heterocycles. The zero-order valence-electron chi connectivity index (χ0n) is 38.3. The summed E-state index contributed by atoms with van der Waals surface area (Å²) in [6.07, 6.45) is -3.27. The van der Waals surface area contributed by atoms with Crippen LogP contribution in [-0.2, 0) is 52.2 Å². The number of hydrogen-bond acceptors (Lipinski definition) is 16. The summed E-state index contributed by atoms with van der Waals surface area (Å²) in [4.78, 5) is 11.8. The second-order valence-electron chi connectivity index (χ2n) is 20.7. The zero-order valence-corrected chi connectivity index (χ0v) is 38.3. The predicted octanol–water partition coefficient (Wildman–Crippen LogP) is 3.01. The number of aliphatic hydroxyl groups is 5. The first-order valence-electron chi connectivity index (χ1n) is 23.1. The molecule has 0 bridgehead atoms. The Balaban J connectivity index is 1.08. The van der Waals surface area contributed by atoms with E-state index in [-0.39, 0.29) is 36.6 Å². The average molecular weight is 889 g/mol. The Hall–Kier alpha value is -1.13. The van der Waals surface area contributed by atoms with Gasteiger partial charge in [0.1, 0.15) is 12.2 Å². The van der Waals surface area contributed by atoms with Crippen LogP contribution in [0.4, 0.5) is 0 Å². The van der Waals surface area contributed by atoms with Crippen molar-refractivity contribution in [3.63, 3.8) is 0 Å². The highest BCUT2D eigenvalue weighted by atomic mass is 16.7. The summed E-state index contributed by atoms with van der Waals surface area (Å²) in [5.74, 6) is -8.48. The minimum Gasteiger partial charge on any atom is -0.481 e. The maximum absolute atomic E-state index is 11.8. The molecule has 0 saturated carbocycles. The van der Waals surface area contributed by atoms with Crippen molar-refractivity contribution in [3.8, 4) is 0 Å². The van der Waals surface area contributed by atoms with Gasteiger partial charge in [0.15, 0.2) is 23.7 Å². The molecule has 0 aromatic heterocycles. The Morgan fingerprint density at radius 1 is 0.823 bits per heavy atom. The van der Waals surface area contributed by atoms with Crippen molar-refractivity contribution in [2.45, 2.75) is 228 Å². The van der Waals surface area contributed by atoms with Crippen LogP contribution in [0.1, 0.15) is 120 Å². The standard InChI is InChI=1S/C45H76O17/c1-22-17-23(2)45(52,21-46)60-36(22)30-18-31(56-34-12-11-29(53-9)27(6)55-34)40(57-30)42(8)14-13-32(58-42)41(7)15-16-43(62-41)19-28(47)24(3)37(59-43)25(4)38-39(54-10)35(50)26(5)44(51,61-38)20-33(48)49/h22-32,34-40,46-47,50-52H,11-21H2,1-10H3,(H,48,49)/t22-,23+,24+,25+,26-,27+,28-,29-,30+,31-,32+,34-,35-,36-,37-,38-,39+,40+,41-,42-,43+,44+,45-/m0/s1. The van der Waals surface area contributed by atoms with Crippen LogP contribution in [0.25, 0.3) is 0 Å². The lowest BCUT2D eigenvalue weighted by Crippen LogP contribution is -2.65. The third-order valence-electron chi connectivity index (χ3n) is 16.3. The number of rotatable bonds is 12. The van der Waals surface area contributed by atoms with Crippen molar-refractivity contribution in [2.24, 2.45) is 29.6 Å². The van der Waals surface area contributed by atoms with Crippen LogP contribution in [0.2, 0.25) is 0 Å². The molecule has 7 heterocycles. The van der Waals surface area contributed by atoms with E-state index in [1.165, 1.54) is 14.0 Å². The molecule has 0 amide bonds. The first-order chi connectivity index (χ1) is 29.0. The lowest BCUT2D eigenvalue weighted by molar-refractivity contribution is -0.363. The van der Waals surface area contributed by atoms with Gasteiger partial charge in [-0.15, -0.1) is 0 Å². The summed E-state index contributed by atoms with van der Waals surface area (Å²) in [6.45, 7) is 14.7. The minimum atomic E-state index is -2.16. The second kappa shape index (κ2) is 18.2. The first kappa shape index (κ1) is 48.8. The molecule has 62 heavy (non-hydrogen) atoms. The van der Waals surface area contributed by atoms with Gasteiger partial charge in [-0.25, -0.2) is 0 Å². The molecule has 7 rings (SSSR count). The van der Waals surface area contributed by atoms with E-state index in [2.05, 4.69) is 6.92 Å². The monoisotopic (exact) mass is 889 g/mol. The molecule has 7 aliphatic rings. The van der Waals surface area contributed by atoms with Crippen molar-refractivity contribution < 1.29 is 82.8 Å². The molecule has 1 spiro atoms. The number of carbonyl (C=O) groups is 1. The highest BCUT2D eigenvalue weighted by Gasteiger charge is 2.63. The summed E-state index contributed by atoms with van der Waals surface area (Å²) in [7, 11) is 3.12. The summed E-state index contributed by atoms with van der Waals surface area (Å²) in [5, 5.41) is 65.3. The van der Waals surface area contributed by atoms with Gasteiger partial charge in [-0.1, -0.05) is 34.6 Å². The van der Waals surface area contributed by atoms with Gasteiger partial charge in [-0.2, -0.15) is 0 Å². The van der Waals surface area contributed by atoms with Crippen molar-refractivity contribution in [3.05, 3.63) is 0 Å². The summed E-state index contributed by atoms with van der Waals surface area (Å²) >= 11 is 0. The summed E-state index contributed by atoms with van der Waals surface area (Å²) < 4.78 is 64.9. The van der Waals surface area contributed by atoms with E-state index in [0.717, 1.165) is 6.42 Å². The molecular weight excluding hydrogens is 812 g/mol. The highest BCUT2D eigenvalue weighted by Crippen LogP contribution is 2.54. The van der Waals surface area contributed by atoms with Gasteiger partial charge < -0.3 is 78.0 Å². The number of ether oxygens (including phenoxy) is 10. The van der Waals surface area contributed by atoms with Gasteiger partial charge >= 0.3 is 5.97 Å². The van der Waals surface area contributed by atoms with E-state index in [1.807, 2.05) is 41.5 Å². The molecule has 0 aromatic carbocycles. The van der Waals surface area contributed by atoms with Crippen LogP contribution in [-0.4, -0.2) is 166 Å². The third kappa shape index (κ3) is 9.02. The molecule has 358 valence electrons. The van der Waals surface area contributed by atoms with Gasteiger partial charge in [0.25, 0.3) is 0 Å². The van der Waals surface area contributed by atoms with E-state index >= 15 is 0 Å². The molecule has 17 nitrogen and oxygen atoms in total. The number of methoxy groups -OCH3 is 2. The average Bonchev–Trinajstić information content (AvgIpc) is 3.92. The lowest BCUT2D eigenvalue weighted by atomic mass is 9.75. The number of carboxylic acids is 1. The van der Waals surface area contributed by atoms with Crippen molar-refractivity contribution in [1.29, 1.82) is 0 Å². The fourth-order valence-electron chi connectivity index (χ4n) is 12.1. The van der Waals surface area contributed by atoms with E-state index in [9.17, 15) is 35.4 Å². The maximum atomic E-state index is 11.8. The van der Waals surface area contributed by atoms with E-state index in [1.54, 1.807) is 7.11 Å². The summed E-state index contributed by atoms with van der Waals surface area (Å²) in [6, 6.07) is 0. The number of aliphatic carboxylic acids is 1. The van der Waals surface area contributed by atoms with Gasteiger partial charge in [0.05, 0.1) is 85.3 Å². The van der Waals surface area contributed by atoms with E-state index in [4.69, 9.17) is 47.4 Å². The topological polar surface area (TPSA) is 231 Å². The van der Waals surface area contributed by atoms with Gasteiger partial charge in [-0.3, -0.25) is 4.79 Å². The van der Waals surface area contributed by atoms with Crippen molar-refractivity contribution >= 4 is 5.97 Å². The largest absolute Gasteiger partial charge is 0.481 e. The molecule has 0 aromatic rings. The first-order valence-corrected chi connectivity index (χ1v) is 23.1. The van der Waals surface area contributed by atoms with Crippen molar-refractivity contribution in [2.75, 3.05) is 20.8 Å². The highest BCUT2D eigenvalue weighted by molar-refractivity contribution is 5.68. The van der Waals surface area contributed by atoms with Gasteiger partial charge in [-0.05, 0) is 58.8 Å². The Kier molecular flexibility index (Phi) is 14.3. The van der Waals surface area contributed by atoms with Crippen LogP contribution in [0.15, 0.2) is 0 Å². The molecule has 17 heteroatoms. The van der Waals surface area contributed by atoms with Crippen LogP contribution in [0.5, 0.6) is 0 Å². The van der Waals surface area contributed by atoms with Crippen LogP contribution >= 0.6 is 0 Å². The maximum Gasteiger partial charge on any atom is 0.308 e. The molecule has 6 N–H and O–H groups in total.